The fourth-order valence-electron chi connectivity index (χ4n) is 2.64. The van der Waals surface area contributed by atoms with Gasteiger partial charge in [0.15, 0.2) is 0 Å². The minimum atomic E-state index is 0.376. The topological polar surface area (TPSA) is 48.7 Å². The lowest BCUT2D eigenvalue weighted by molar-refractivity contribution is 0.638. The Morgan fingerprint density at radius 2 is 2.21 bits per heavy atom. The number of unbranched alkanes of at least 4 members (excludes halogenated alkanes) is 1. The van der Waals surface area contributed by atoms with Crippen LogP contribution in [0, 0.1) is 11.3 Å². The van der Waals surface area contributed by atoms with Gasteiger partial charge in [0.1, 0.15) is 11.9 Å². The van der Waals surface area contributed by atoms with Gasteiger partial charge in [-0.05, 0) is 50.7 Å². The summed E-state index contributed by atoms with van der Waals surface area (Å²) in [5, 5.41) is 12.7. The van der Waals surface area contributed by atoms with E-state index in [1.807, 2.05) is 6.07 Å². The molecule has 0 saturated carbocycles. The molecule has 1 heterocycles. The van der Waals surface area contributed by atoms with Crippen molar-refractivity contribution in [2.45, 2.75) is 64.8 Å². The molecule has 1 unspecified atom stereocenters. The SMILES string of the molecule is CCCCC(C)Nc1nc2c(cc1C#N)CCCC2. The Morgan fingerprint density at radius 1 is 1.42 bits per heavy atom. The second-order valence-corrected chi connectivity index (χ2v) is 5.50. The maximum atomic E-state index is 9.28. The first-order chi connectivity index (χ1) is 9.24. The van der Waals surface area contributed by atoms with E-state index in [-0.39, 0.29) is 0 Å². The Bertz CT molecular complexity index is 474. The first-order valence-electron chi connectivity index (χ1n) is 7.44. The van der Waals surface area contributed by atoms with Crippen LogP contribution in [-0.4, -0.2) is 11.0 Å². The van der Waals surface area contributed by atoms with Crippen molar-refractivity contribution >= 4 is 5.82 Å². The molecule has 1 N–H and O–H groups in total. The summed E-state index contributed by atoms with van der Waals surface area (Å²) in [6.45, 7) is 4.36. The maximum absolute atomic E-state index is 9.28. The van der Waals surface area contributed by atoms with Crippen LogP contribution in [0.15, 0.2) is 6.07 Å². The zero-order valence-corrected chi connectivity index (χ0v) is 12.0. The summed E-state index contributed by atoms with van der Waals surface area (Å²) in [5.74, 6) is 0.784. The van der Waals surface area contributed by atoms with Gasteiger partial charge in [-0.25, -0.2) is 4.98 Å². The molecule has 1 aliphatic carbocycles. The first-order valence-corrected chi connectivity index (χ1v) is 7.44. The zero-order valence-electron chi connectivity index (χ0n) is 12.0. The van der Waals surface area contributed by atoms with Gasteiger partial charge in [0, 0.05) is 11.7 Å². The van der Waals surface area contributed by atoms with Crippen molar-refractivity contribution in [3.8, 4) is 6.07 Å². The van der Waals surface area contributed by atoms with Crippen LogP contribution in [0.25, 0.3) is 0 Å². The van der Waals surface area contributed by atoms with Crippen LogP contribution in [-0.2, 0) is 12.8 Å². The van der Waals surface area contributed by atoms with Gasteiger partial charge in [0.2, 0.25) is 0 Å². The van der Waals surface area contributed by atoms with Crippen LogP contribution in [0.3, 0.4) is 0 Å². The molecule has 0 fully saturated rings. The average molecular weight is 257 g/mol. The third kappa shape index (κ3) is 3.47. The number of nitriles is 1. The van der Waals surface area contributed by atoms with E-state index >= 15 is 0 Å². The van der Waals surface area contributed by atoms with Gasteiger partial charge >= 0.3 is 0 Å². The second kappa shape index (κ2) is 6.56. The largest absolute Gasteiger partial charge is 0.367 e. The molecule has 0 spiro atoms. The lowest BCUT2D eigenvalue weighted by atomic mass is 9.95. The summed E-state index contributed by atoms with van der Waals surface area (Å²) in [6.07, 6.45) is 8.10. The number of aromatic nitrogens is 1. The van der Waals surface area contributed by atoms with Gasteiger partial charge in [-0.1, -0.05) is 19.8 Å². The number of hydrogen-bond acceptors (Lipinski definition) is 3. The molecule has 1 aromatic heterocycles. The fourth-order valence-corrected chi connectivity index (χ4v) is 2.64. The Kier molecular flexibility index (Phi) is 4.79. The molecule has 3 nitrogen and oxygen atoms in total. The van der Waals surface area contributed by atoms with E-state index < -0.39 is 0 Å². The van der Waals surface area contributed by atoms with Crippen molar-refractivity contribution < 1.29 is 0 Å². The predicted octanol–water partition coefficient (Wildman–Crippen LogP) is 3.82. The van der Waals surface area contributed by atoms with Gasteiger partial charge in [-0.15, -0.1) is 0 Å². The highest BCUT2D eigenvalue weighted by atomic mass is 15.0. The van der Waals surface area contributed by atoms with E-state index in [1.54, 1.807) is 0 Å². The van der Waals surface area contributed by atoms with Crippen molar-refractivity contribution in [3.05, 3.63) is 22.9 Å². The van der Waals surface area contributed by atoms with Gasteiger partial charge in [0.05, 0.1) is 5.56 Å². The third-order valence-electron chi connectivity index (χ3n) is 3.80. The highest BCUT2D eigenvalue weighted by Crippen LogP contribution is 2.25. The van der Waals surface area contributed by atoms with Crippen LogP contribution in [0.2, 0.25) is 0 Å². The number of anilines is 1. The molecule has 0 amide bonds. The molecule has 3 heteroatoms. The second-order valence-electron chi connectivity index (χ2n) is 5.50. The Morgan fingerprint density at radius 3 is 2.95 bits per heavy atom. The summed E-state index contributed by atoms with van der Waals surface area (Å²) < 4.78 is 0. The molecule has 1 aliphatic rings. The van der Waals surface area contributed by atoms with E-state index in [4.69, 9.17) is 4.98 Å². The van der Waals surface area contributed by atoms with Crippen molar-refractivity contribution in [1.29, 1.82) is 5.26 Å². The summed E-state index contributed by atoms with van der Waals surface area (Å²) in [7, 11) is 0. The summed E-state index contributed by atoms with van der Waals surface area (Å²) >= 11 is 0. The fraction of sp³-hybridized carbons (Fsp3) is 0.625. The molecule has 1 atom stereocenters. The molecule has 0 bridgehead atoms. The van der Waals surface area contributed by atoms with E-state index in [9.17, 15) is 5.26 Å². The normalized spacial score (nSPS) is 15.4. The van der Waals surface area contributed by atoms with Gasteiger partial charge in [-0.3, -0.25) is 0 Å². The smallest absolute Gasteiger partial charge is 0.144 e. The Labute approximate surface area is 116 Å². The van der Waals surface area contributed by atoms with Crippen molar-refractivity contribution in [2.75, 3.05) is 5.32 Å². The van der Waals surface area contributed by atoms with Crippen LogP contribution in [0.5, 0.6) is 0 Å². The standard InChI is InChI=1S/C16H23N3/c1-3-4-7-12(2)18-16-14(11-17)10-13-8-5-6-9-15(13)19-16/h10,12H,3-9H2,1-2H3,(H,18,19). The first kappa shape index (κ1) is 13.9. The average Bonchev–Trinajstić information content (AvgIpc) is 2.44. The highest BCUT2D eigenvalue weighted by molar-refractivity contribution is 5.55. The molecule has 2 rings (SSSR count). The number of nitrogens with one attached hydrogen (secondary N) is 1. The number of nitrogens with zero attached hydrogens (tertiary/aromatic N) is 2. The molecule has 0 radical (unpaired) electrons. The minimum absolute atomic E-state index is 0.376. The van der Waals surface area contributed by atoms with Gasteiger partial charge in [-0.2, -0.15) is 5.26 Å². The van der Waals surface area contributed by atoms with Crippen molar-refractivity contribution in [1.82, 2.24) is 4.98 Å². The zero-order chi connectivity index (χ0) is 13.7. The number of pyridine rings is 1. The molecule has 0 saturated heterocycles. The lowest BCUT2D eigenvalue weighted by Gasteiger charge is -2.20. The lowest BCUT2D eigenvalue weighted by Crippen LogP contribution is -2.18. The molecule has 0 aromatic carbocycles. The quantitative estimate of drug-likeness (QED) is 0.872. The Hall–Kier alpha value is -1.56. The van der Waals surface area contributed by atoms with Crippen molar-refractivity contribution in [2.24, 2.45) is 0 Å². The summed E-state index contributed by atoms with van der Waals surface area (Å²) in [6, 6.07) is 4.70. The van der Waals surface area contributed by atoms with Crippen LogP contribution in [0.1, 0.15) is 62.8 Å². The predicted molar refractivity (Wildman–Crippen MR) is 78.2 cm³/mol. The van der Waals surface area contributed by atoms with E-state index in [1.165, 1.54) is 36.9 Å². The molecule has 102 valence electrons. The van der Waals surface area contributed by atoms with Gasteiger partial charge in [0.25, 0.3) is 0 Å². The van der Waals surface area contributed by atoms with Gasteiger partial charge < -0.3 is 5.32 Å². The summed E-state index contributed by atoms with van der Waals surface area (Å²) in [4.78, 5) is 4.70. The molecular weight excluding hydrogens is 234 g/mol. The van der Waals surface area contributed by atoms with Crippen LogP contribution < -0.4 is 5.32 Å². The van der Waals surface area contributed by atoms with E-state index in [0.29, 0.717) is 11.6 Å². The third-order valence-corrected chi connectivity index (χ3v) is 3.80. The molecule has 1 aromatic rings. The molecular formula is C16H23N3. The number of rotatable bonds is 5. The number of hydrogen-bond donors (Lipinski definition) is 1. The molecule has 19 heavy (non-hydrogen) atoms. The monoisotopic (exact) mass is 257 g/mol. The highest BCUT2D eigenvalue weighted by Gasteiger charge is 2.16. The van der Waals surface area contributed by atoms with Crippen molar-refractivity contribution in [3.63, 3.8) is 0 Å². The van der Waals surface area contributed by atoms with E-state index in [2.05, 4.69) is 25.2 Å². The van der Waals surface area contributed by atoms with Crippen LogP contribution in [0.4, 0.5) is 5.82 Å². The molecule has 0 aliphatic heterocycles. The number of aryl methyl sites for hydroxylation is 2. The van der Waals surface area contributed by atoms with Crippen LogP contribution >= 0.6 is 0 Å². The Balaban J connectivity index is 2.17. The van der Waals surface area contributed by atoms with E-state index in [0.717, 1.165) is 25.1 Å². The maximum Gasteiger partial charge on any atom is 0.144 e. The summed E-state index contributed by atoms with van der Waals surface area (Å²) in [5.41, 5.74) is 3.16. The number of fused-ring (bicyclic) bond motifs is 1. The minimum Gasteiger partial charge on any atom is -0.367 e.